The molecule has 2 fully saturated rings. The monoisotopic (exact) mass is 212 g/mol. The zero-order valence-electron chi connectivity index (χ0n) is 9.29. The summed E-state index contributed by atoms with van der Waals surface area (Å²) in [5.41, 5.74) is 0. The van der Waals surface area contributed by atoms with Crippen LogP contribution in [0, 0.1) is 5.92 Å². The molecule has 15 heavy (non-hydrogen) atoms. The molecule has 2 rings (SSSR count). The van der Waals surface area contributed by atoms with Crippen molar-refractivity contribution in [2.45, 2.75) is 37.8 Å². The summed E-state index contributed by atoms with van der Waals surface area (Å²) in [5, 5.41) is 6.31. The lowest BCUT2D eigenvalue weighted by Gasteiger charge is -2.19. The first-order valence-corrected chi connectivity index (χ1v) is 5.84. The Morgan fingerprint density at radius 1 is 1.53 bits per heavy atom. The van der Waals surface area contributed by atoms with Gasteiger partial charge in [0.1, 0.15) is 0 Å². The van der Waals surface area contributed by atoms with E-state index in [9.17, 15) is 4.79 Å². The molecule has 1 heterocycles. The predicted molar refractivity (Wildman–Crippen MR) is 57.6 cm³/mol. The Morgan fingerprint density at radius 2 is 2.33 bits per heavy atom. The summed E-state index contributed by atoms with van der Waals surface area (Å²) in [6.45, 7) is 1.61. The number of nitrogens with one attached hydrogen (secondary N) is 2. The van der Waals surface area contributed by atoms with Crippen molar-refractivity contribution in [3.8, 4) is 0 Å². The molecule has 1 saturated heterocycles. The highest BCUT2D eigenvalue weighted by atomic mass is 16.5. The number of carbonyl (C=O) groups excluding carboxylic acids is 1. The van der Waals surface area contributed by atoms with Gasteiger partial charge in [0.25, 0.3) is 0 Å². The van der Waals surface area contributed by atoms with Crippen LogP contribution in [0.5, 0.6) is 0 Å². The molecule has 0 spiro atoms. The molecule has 1 aliphatic carbocycles. The lowest BCUT2D eigenvalue weighted by atomic mass is 10.1. The summed E-state index contributed by atoms with van der Waals surface area (Å²) in [6.07, 6.45) is 4.53. The lowest BCUT2D eigenvalue weighted by Crippen LogP contribution is -2.47. The van der Waals surface area contributed by atoms with Crippen LogP contribution in [0.4, 0.5) is 0 Å². The topological polar surface area (TPSA) is 50.4 Å². The van der Waals surface area contributed by atoms with Crippen molar-refractivity contribution in [2.24, 2.45) is 5.92 Å². The van der Waals surface area contributed by atoms with Gasteiger partial charge in [0.15, 0.2) is 0 Å². The van der Waals surface area contributed by atoms with Crippen LogP contribution in [0.2, 0.25) is 0 Å². The molecule has 2 aliphatic rings. The number of amides is 1. The number of hydrogen-bond donors (Lipinski definition) is 2. The SMILES string of the molecule is COCC(NC(=O)C1CCCN1)C1CC1. The number of rotatable bonds is 5. The Hall–Kier alpha value is -0.610. The van der Waals surface area contributed by atoms with E-state index in [4.69, 9.17) is 4.74 Å². The molecule has 2 N–H and O–H groups in total. The van der Waals surface area contributed by atoms with E-state index in [1.165, 1.54) is 12.8 Å². The van der Waals surface area contributed by atoms with Gasteiger partial charge in [-0.1, -0.05) is 0 Å². The smallest absolute Gasteiger partial charge is 0.237 e. The van der Waals surface area contributed by atoms with Crippen molar-refractivity contribution in [2.75, 3.05) is 20.3 Å². The molecule has 86 valence electrons. The van der Waals surface area contributed by atoms with Crippen LogP contribution in [0.1, 0.15) is 25.7 Å². The van der Waals surface area contributed by atoms with E-state index in [-0.39, 0.29) is 18.0 Å². The van der Waals surface area contributed by atoms with Crippen molar-refractivity contribution in [3.63, 3.8) is 0 Å². The number of ether oxygens (including phenoxy) is 1. The first kappa shape index (κ1) is 10.9. The van der Waals surface area contributed by atoms with E-state index in [0.717, 1.165) is 19.4 Å². The van der Waals surface area contributed by atoms with Crippen molar-refractivity contribution >= 4 is 5.91 Å². The highest BCUT2D eigenvalue weighted by molar-refractivity contribution is 5.82. The molecular weight excluding hydrogens is 192 g/mol. The fourth-order valence-electron chi connectivity index (χ4n) is 2.17. The maximum absolute atomic E-state index is 11.8. The first-order valence-electron chi connectivity index (χ1n) is 5.84. The summed E-state index contributed by atoms with van der Waals surface area (Å²) >= 11 is 0. The minimum absolute atomic E-state index is 0.0307. The fraction of sp³-hybridized carbons (Fsp3) is 0.909. The summed E-state index contributed by atoms with van der Waals surface area (Å²) in [7, 11) is 1.69. The van der Waals surface area contributed by atoms with Gasteiger partial charge in [0.05, 0.1) is 18.7 Å². The van der Waals surface area contributed by atoms with E-state index >= 15 is 0 Å². The predicted octanol–water partition coefficient (Wildman–Crippen LogP) is 0.280. The average molecular weight is 212 g/mol. The minimum atomic E-state index is 0.0307. The number of methoxy groups -OCH3 is 1. The van der Waals surface area contributed by atoms with E-state index in [1.54, 1.807) is 7.11 Å². The van der Waals surface area contributed by atoms with Gasteiger partial charge < -0.3 is 15.4 Å². The second-order valence-corrected chi connectivity index (χ2v) is 4.56. The van der Waals surface area contributed by atoms with Gasteiger partial charge in [-0.3, -0.25) is 4.79 Å². The molecule has 4 nitrogen and oxygen atoms in total. The highest BCUT2D eigenvalue weighted by Gasteiger charge is 2.34. The Morgan fingerprint density at radius 3 is 2.87 bits per heavy atom. The molecule has 1 aliphatic heterocycles. The third kappa shape index (κ3) is 2.92. The molecular formula is C11H20N2O2. The van der Waals surface area contributed by atoms with Crippen LogP contribution in [0.25, 0.3) is 0 Å². The largest absolute Gasteiger partial charge is 0.383 e. The molecule has 2 atom stereocenters. The Labute approximate surface area is 90.8 Å². The van der Waals surface area contributed by atoms with E-state index in [1.807, 2.05) is 0 Å². The number of hydrogen-bond acceptors (Lipinski definition) is 3. The van der Waals surface area contributed by atoms with Crippen molar-refractivity contribution in [3.05, 3.63) is 0 Å². The molecule has 1 amide bonds. The van der Waals surface area contributed by atoms with Gasteiger partial charge in [-0.05, 0) is 38.1 Å². The van der Waals surface area contributed by atoms with Crippen molar-refractivity contribution in [1.29, 1.82) is 0 Å². The summed E-state index contributed by atoms with van der Waals surface area (Å²) in [5.74, 6) is 0.803. The third-order valence-corrected chi connectivity index (χ3v) is 3.24. The Bertz CT molecular complexity index is 223. The van der Waals surface area contributed by atoms with Gasteiger partial charge in [-0.2, -0.15) is 0 Å². The van der Waals surface area contributed by atoms with Crippen LogP contribution in [-0.4, -0.2) is 38.3 Å². The van der Waals surface area contributed by atoms with Crippen molar-refractivity contribution in [1.82, 2.24) is 10.6 Å². The minimum Gasteiger partial charge on any atom is -0.383 e. The summed E-state index contributed by atoms with van der Waals surface area (Å²) in [6, 6.07) is 0.257. The Kier molecular flexibility index (Phi) is 3.59. The molecule has 0 radical (unpaired) electrons. The first-order chi connectivity index (χ1) is 7.31. The van der Waals surface area contributed by atoms with Gasteiger partial charge in [0, 0.05) is 7.11 Å². The standard InChI is InChI=1S/C11H20N2O2/c1-15-7-10(8-4-5-8)13-11(14)9-3-2-6-12-9/h8-10,12H,2-7H2,1H3,(H,13,14). The molecule has 0 aromatic heterocycles. The van der Waals surface area contributed by atoms with Gasteiger partial charge in [-0.25, -0.2) is 0 Å². The normalized spacial score (nSPS) is 27.7. The van der Waals surface area contributed by atoms with Gasteiger partial charge in [-0.15, -0.1) is 0 Å². The van der Waals surface area contributed by atoms with Crippen LogP contribution < -0.4 is 10.6 Å². The van der Waals surface area contributed by atoms with Gasteiger partial charge >= 0.3 is 0 Å². The van der Waals surface area contributed by atoms with E-state index < -0.39 is 0 Å². The van der Waals surface area contributed by atoms with Crippen LogP contribution >= 0.6 is 0 Å². The van der Waals surface area contributed by atoms with Crippen molar-refractivity contribution < 1.29 is 9.53 Å². The zero-order valence-corrected chi connectivity index (χ0v) is 9.29. The highest BCUT2D eigenvalue weighted by Crippen LogP contribution is 2.32. The Balaban J connectivity index is 1.79. The summed E-state index contributed by atoms with van der Waals surface area (Å²) in [4.78, 5) is 11.8. The lowest BCUT2D eigenvalue weighted by molar-refractivity contribution is -0.124. The molecule has 1 saturated carbocycles. The average Bonchev–Trinajstić information content (AvgIpc) is 2.92. The second-order valence-electron chi connectivity index (χ2n) is 4.56. The quantitative estimate of drug-likeness (QED) is 0.688. The third-order valence-electron chi connectivity index (χ3n) is 3.24. The van der Waals surface area contributed by atoms with E-state index in [0.29, 0.717) is 12.5 Å². The zero-order chi connectivity index (χ0) is 10.7. The second kappa shape index (κ2) is 4.94. The molecule has 0 aromatic rings. The molecule has 0 aromatic carbocycles. The maximum Gasteiger partial charge on any atom is 0.237 e. The molecule has 4 heteroatoms. The van der Waals surface area contributed by atoms with Gasteiger partial charge in [0.2, 0.25) is 5.91 Å². The maximum atomic E-state index is 11.8. The van der Waals surface area contributed by atoms with Crippen LogP contribution in [0.3, 0.4) is 0 Å². The number of carbonyl (C=O) groups is 1. The summed E-state index contributed by atoms with van der Waals surface area (Å²) < 4.78 is 5.13. The van der Waals surface area contributed by atoms with Crippen LogP contribution in [-0.2, 0) is 9.53 Å². The van der Waals surface area contributed by atoms with Crippen LogP contribution in [0.15, 0.2) is 0 Å². The molecule has 2 unspecified atom stereocenters. The van der Waals surface area contributed by atoms with E-state index in [2.05, 4.69) is 10.6 Å². The molecule has 0 bridgehead atoms. The fourth-order valence-corrected chi connectivity index (χ4v) is 2.17.